The van der Waals surface area contributed by atoms with Crippen LogP contribution in [-0.2, 0) is 20.9 Å². The van der Waals surface area contributed by atoms with E-state index < -0.39 is 23.9 Å². The highest BCUT2D eigenvalue weighted by atomic mass is 16.5. The molecule has 2 rings (SSSR count). The fourth-order valence-corrected chi connectivity index (χ4v) is 2.12. The highest BCUT2D eigenvalue weighted by Gasteiger charge is 2.39. The first-order valence-electron chi connectivity index (χ1n) is 6.02. The number of esters is 1. The van der Waals surface area contributed by atoms with Crippen molar-refractivity contribution in [2.45, 2.75) is 19.1 Å². The average molecular weight is 264 g/mol. The Hall–Kier alpha value is -1.92. The van der Waals surface area contributed by atoms with Crippen molar-refractivity contribution in [2.75, 3.05) is 6.54 Å². The van der Waals surface area contributed by atoms with E-state index in [0.29, 0.717) is 0 Å². The van der Waals surface area contributed by atoms with Gasteiger partial charge in [-0.15, -0.1) is 0 Å². The molecular formula is C13H16N2O4. The van der Waals surface area contributed by atoms with Crippen LogP contribution in [0.25, 0.3) is 0 Å². The Bertz CT molecular complexity index is 463. The minimum atomic E-state index is -1.01. The van der Waals surface area contributed by atoms with E-state index in [-0.39, 0.29) is 19.6 Å². The van der Waals surface area contributed by atoms with E-state index in [1.807, 2.05) is 30.3 Å². The zero-order valence-electron chi connectivity index (χ0n) is 10.4. The summed E-state index contributed by atoms with van der Waals surface area (Å²) in [5.74, 6) is 3.67. The summed E-state index contributed by atoms with van der Waals surface area (Å²) in [5, 5.41) is 10.1. The first-order valence-corrected chi connectivity index (χ1v) is 6.02. The molecule has 1 fully saturated rings. The van der Waals surface area contributed by atoms with Gasteiger partial charge in [0.15, 0.2) is 0 Å². The standard InChI is InChI=1S/C13H16N2O4/c14-15-7-10(6-11(15)12(16)17)13(18)19-8-9-4-2-1-3-5-9/h1-5,10-11H,6-8,14H2,(H,16,17)/t10-,11-/m0/s1. The molecule has 102 valence electrons. The summed E-state index contributed by atoms with van der Waals surface area (Å²) in [6.45, 7) is 0.406. The van der Waals surface area contributed by atoms with Gasteiger partial charge in [0.2, 0.25) is 0 Å². The molecule has 1 heterocycles. The molecule has 0 amide bonds. The maximum atomic E-state index is 11.8. The smallest absolute Gasteiger partial charge is 0.322 e. The van der Waals surface area contributed by atoms with Crippen molar-refractivity contribution < 1.29 is 19.4 Å². The van der Waals surface area contributed by atoms with Crippen LogP contribution < -0.4 is 5.84 Å². The second-order valence-electron chi connectivity index (χ2n) is 4.58. The number of carboxylic acid groups (broad SMARTS) is 1. The Morgan fingerprint density at radius 2 is 2.05 bits per heavy atom. The van der Waals surface area contributed by atoms with Crippen molar-refractivity contribution in [3.8, 4) is 0 Å². The number of hydrogen-bond donors (Lipinski definition) is 2. The lowest BCUT2D eigenvalue weighted by Gasteiger charge is -2.12. The molecule has 6 heteroatoms. The molecule has 3 N–H and O–H groups in total. The summed E-state index contributed by atoms with van der Waals surface area (Å²) in [5.41, 5.74) is 0.897. The largest absolute Gasteiger partial charge is 0.480 e. The fourth-order valence-electron chi connectivity index (χ4n) is 2.12. The lowest BCUT2D eigenvalue weighted by Crippen LogP contribution is -2.41. The van der Waals surface area contributed by atoms with Crippen LogP contribution in [0.3, 0.4) is 0 Å². The number of carbonyl (C=O) groups excluding carboxylic acids is 1. The van der Waals surface area contributed by atoms with Gasteiger partial charge in [0.25, 0.3) is 0 Å². The molecule has 6 nitrogen and oxygen atoms in total. The van der Waals surface area contributed by atoms with Crippen LogP contribution in [0, 0.1) is 5.92 Å². The number of benzene rings is 1. The molecule has 1 saturated heterocycles. The number of carboxylic acids is 1. The van der Waals surface area contributed by atoms with Crippen molar-refractivity contribution in [3.63, 3.8) is 0 Å². The Kier molecular flexibility index (Phi) is 4.13. The molecular weight excluding hydrogens is 248 g/mol. The Morgan fingerprint density at radius 3 is 2.63 bits per heavy atom. The van der Waals surface area contributed by atoms with Gasteiger partial charge >= 0.3 is 11.9 Å². The zero-order chi connectivity index (χ0) is 13.8. The second kappa shape index (κ2) is 5.81. The van der Waals surface area contributed by atoms with Crippen LogP contribution >= 0.6 is 0 Å². The van der Waals surface area contributed by atoms with E-state index in [2.05, 4.69) is 0 Å². The van der Waals surface area contributed by atoms with Crippen LogP contribution in [0.2, 0.25) is 0 Å². The summed E-state index contributed by atoms with van der Waals surface area (Å²) in [6.07, 6.45) is 0.194. The van der Waals surface area contributed by atoms with Gasteiger partial charge in [0.1, 0.15) is 12.6 Å². The fraction of sp³-hybridized carbons (Fsp3) is 0.385. The summed E-state index contributed by atoms with van der Waals surface area (Å²) in [4.78, 5) is 22.7. The van der Waals surface area contributed by atoms with E-state index in [1.54, 1.807) is 0 Å². The highest BCUT2D eigenvalue weighted by Crippen LogP contribution is 2.22. The minimum Gasteiger partial charge on any atom is -0.480 e. The molecule has 19 heavy (non-hydrogen) atoms. The summed E-state index contributed by atoms with van der Waals surface area (Å²) in [7, 11) is 0. The number of nitrogens with two attached hydrogens (primary N) is 1. The molecule has 0 radical (unpaired) electrons. The van der Waals surface area contributed by atoms with Gasteiger partial charge in [0.05, 0.1) is 5.92 Å². The highest BCUT2D eigenvalue weighted by molar-refractivity contribution is 5.78. The summed E-state index contributed by atoms with van der Waals surface area (Å²) < 4.78 is 5.17. The lowest BCUT2D eigenvalue weighted by atomic mass is 10.1. The molecule has 1 aromatic rings. The summed E-state index contributed by atoms with van der Waals surface area (Å²) >= 11 is 0. The molecule has 1 aliphatic heterocycles. The van der Waals surface area contributed by atoms with Gasteiger partial charge in [-0.1, -0.05) is 30.3 Å². The van der Waals surface area contributed by atoms with Crippen molar-refractivity contribution in [3.05, 3.63) is 35.9 Å². The Labute approximate surface area is 110 Å². The predicted octanol–water partition coefficient (Wildman–Crippen LogP) is 0.379. The summed E-state index contributed by atoms with van der Waals surface area (Å²) in [6, 6.07) is 8.51. The third kappa shape index (κ3) is 3.30. The number of aliphatic carboxylic acids is 1. The van der Waals surface area contributed by atoms with E-state index in [9.17, 15) is 9.59 Å². The molecule has 2 atom stereocenters. The van der Waals surface area contributed by atoms with Gasteiger partial charge in [-0.05, 0) is 12.0 Å². The number of carbonyl (C=O) groups is 2. The average Bonchev–Trinajstić information content (AvgIpc) is 2.79. The normalized spacial score (nSPS) is 23.2. The molecule has 0 bridgehead atoms. The van der Waals surface area contributed by atoms with E-state index in [1.165, 1.54) is 5.01 Å². The van der Waals surface area contributed by atoms with Crippen molar-refractivity contribution >= 4 is 11.9 Å². The number of nitrogens with zero attached hydrogens (tertiary/aromatic N) is 1. The van der Waals surface area contributed by atoms with Gasteiger partial charge in [-0.3, -0.25) is 15.4 Å². The minimum absolute atomic E-state index is 0.193. The first-order chi connectivity index (χ1) is 9.08. The molecule has 0 aliphatic carbocycles. The quantitative estimate of drug-likeness (QED) is 0.603. The van der Waals surface area contributed by atoms with Crippen molar-refractivity contribution in [1.82, 2.24) is 5.01 Å². The van der Waals surface area contributed by atoms with Crippen LogP contribution in [0.15, 0.2) is 30.3 Å². The third-order valence-corrected chi connectivity index (χ3v) is 3.18. The zero-order valence-corrected chi connectivity index (χ0v) is 10.4. The third-order valence-electron chi connectivity index (χ3n) is 3.18. The Morgan fingerprint density at radius 1 is 1.37 bits per heavy atom. The SMILES string of the molecule is NN1C[C@@H](C(=O)OCc2ccccc2)C[C@H]1C(=O)O. The Balaban J connectivity index is 1.86. The lowest BCUT2D eigenvalue weighted by molar-refractivity contribution is -0.149. The molecule has 1 aliphatic rings. The monoisotopic (exact) mass is 264 g/mol. The van der Waals surface area contributed by atoms with Gasteiger partial charge in [-0.25, -0.2) is 5.01 Å². The molecule has 0 saturated carbocycles. The van der Waals surface area contributed by atoms with Crippen molar-refractivity contribution in [2.24, 2.45) is 11.8 Å². The molecule has 0 unspecified atom stereocenters. The van der Waals surface area contributed by atoms with E-state index >= 15 is 0 Å². The van der Waals surface area contributed by atoms with Crippen LogP contribution in [0.5, 0.6) is 0 Å². The van der Waals surface area contributed by atoms with Crippen LogP contribution in [-0.4, -0.2) is 34.6 Å². The van der Waals surface area contributed by atoms with Gasteiger partial charge < -0.3 is 9.84 Å². The number of hydrogen-bond acceptors (Lipinski definition) is 5. The van der Waals surface area contributed by atoms with E-state index in [4.69, 9.17) is 15.7 Å². The van der Waals surface area contributed by atoms with Crippen molar-refractivity contribution in [1.29, 1.82) is 0 Å². The van der Waals surface area contributed by atoms with Crippen LogP contribution in [0.4, 0.5) is 0 Å². The molecule has 0 aromatic heterocycles. The first kappa shape index (κ1) is 13.5. The number of ether oxygens (including phenoxy) is 1. The van der Waals surface area contributed by atoms with E-state index in [0.717, 1.165) is 5.56 Å². The maximum absolute atomic E-state index is 11.8. The molecule has 1 aromatic carbocycles. The number of hydrazine groups is 1. The second-order valence-corrected chi connectivity index (χ2v) is 4.58. The van der Waals surface area contributed by atoms with Gasteiger partial charge in [-0.2, -0.15) is 0 Å². The van der Waals surface area contributed by atoms with Crippen LogP contribution in [0.1, 0.15) is 12.0 Å². The molecule has 0 spiro atoms. The number of rotatable bonds is 4. The van der Waals surface area contributed by atoms with Gasteiger partial charge in [0, 0.05) is 6.54 Å². The predicted molar refractivity (Wildman–Crippen MR) is 66.7 cm³/mol. The maximum Gasteiger partial charge on any atom is 0.322 e. The topological polar surface area (TPSA) is 92.9 Å².